The number of aromatic nitrogens is 1. The molecule has 140 valence electrons. The molecule has 2 aromatic rings. The lowest BCUT2D eigenvalue weighted by atomic mass is 10.0. The number of sulfone groups is 1. The maximum absolute atomic E-state index is 12.3. The number of nitrogens with zero attached hydrogens (tertiary/aromatic N) is 2. The zero-order chi connectivity index (χ0) is 18.3. The zero-order valence-corrected chi connectivity index (χ0v) is 15.9. The van der Waals surface area contributed by atoms with Crippen molar-refractivity contribution in [3.63, 3.8) is 0 Å². The molecule has 0 bridgehead atoms. The van der Waals surface area contributed by atoms with E-state index in [1.807, 2.05) is 0 Å². The van der Waals surface area contributed by atoms with Gasteiger partial charge in [-0.05, 0) is 37.3 Å². The van der Waals surface area contributed by atoms with Gasteiger partial charge in [0.25, 0.3) is 0 Å². The fourth-order valence-corrected chi connectivity index (χ4v) is 5.43. The number of carbonyl (C=O) groups excluding carboxylic acids is 1. The summed E-state index contributed by atoms with van der Waals surface area (Å²) in [5, 5.41) is 4.26. The average Bonchev–Trinajstić information content (AvgIpc) is 2.90. The minimum atomic E-state index is -2.97. The predicted octanol–water partition coefficient (Wildman–Crippen LogP) is 1.88. The van der Waals surface area contributed by atoms with Crippen LogP contribution in [0.3, 0.4) is 0 Å². The van der Waals surface area contributed by atoms with Gasteiger partial charge in [0.2, 0.25) is 0 Å². The van der Waals surface area contributed by atoms with E-state index < -0.39 is 9.84 Å². The van der Waals surface area contributed by atoms with Crippen LogP contribution in [0.1, 0.15) is 23.2 Å². The van der Waals surface area contributed by atoms with Crippen molar-refractivity contribution in [2.24, 2.45) is 0 Å². The number of nitrogens with one attached hydrogen (secondary N) is 1. The highest BCUT2D eigenvalue weighted by Gasteiger charge is 2.25. The number of amides is 2. The minimum absolute atomic E-state index is 0.0653. The smallest absolute Gasteiger partial charge is 0.317 e. The van der Waals surface area contributed by atoms with Crippen LogP contribution in [-0.2, 0) is 29.2 Å². The summed E-state index contributed by atoms with van der Waals surface area (Å²) >= 11 is 0. The van der Waals surface area contributed by atoms with Crippen LogP contribution in [0.15, 0.2) is 18.2 Å². The molecule has 0 aliphatic carbocycles. The van der Waals surface area contributed by atoms with E-state index in [1.165, 1.54) is 34.1 Å². The van der Waals surface area contributed by atoms with Crippen molar-refractivity contribution in [2.45, 2.75) is 32.7 Å². The highest BCUT2D eigenvalue weighted by Crippen LogP contribution is 2.32. The van der Waals surface area contributed by atoms with Crippen LogP contribution in [0.5, 0.6) is 0 Å². The summed E-state index contributed by atoms with van der Waals surface area (Å²) in [7, 11) is -2.97. The molecule has 0 atom stereocenters. The third-order valence-electron chi connectivity index (χ3n) is 5.67. The first-order chi connectivity index (χ1) is 12.5. The van der Waals surface area contributed by atoms with Gasteiger partial charge in [0.05, 0.1) is 17.0 Å². The van der Waals surface area contributed by atoms with Crippen LogP contribution in [0.4, 0.5) is 4.79 Å². The first kappa shape index (κ1) is 17.4. The van der Waals surface area contributed by atoms with Gasteiger partial charge in [0.1, 0.15) is 0 Å². The summed E-state index contributed by atoms with van der Waals surface area (Å²) in [6.07, 6.45) is 3.10. The highest BCUT2D eigenvalue weighted by atomic mass is 32.2. The maximum atomic E-state index is 12.3. The Morgan fingerprint density at radius 2 is 1.96 bits per heavy atom. The van der Waals surface area contributed by atoms with Crippen molar-refractivity contribution in [1.29, 1.82) is 0 Å². The van der Waals surface area contributed by atoms with Gasteiger partial charge in [-0.2, -0.15) is 0 Å². The second kappa shape index (κ2) is 6.61. The van der Waals surface area contributed by atoms with Crippen molar-refractivity contribution < 1.29 is 13.2 Å². The first-order valence-corrected chi connectivity index (χ1v) is 11.1. The molecule has 1 N–H and O–H groups in total. The summed E-state index contributed by atoms with van der Waals surface area (Å²) in [5.41, 5.74) is 5.39. The Morgan fingerprint density at radius 1 is 1.19 bits per heavy atom. The molecule has 1 aromatic heterocycles. The number of urea groups is 1. The van der Waals surface area contributed by atoms with E-state index in [1.54, 1.807) is 4.90 Å². The zero-order valence-electron chi connectivity index (χ0n) is 15.1. The Morgan fingerprint density at radius 3 is 2.73 bits per heavy atom. The molecule has 2 aliphatic heterocycles. The second-order valence-electron chi connectivity index (χ2n) is 7.25. The number of carbonyl (C=O) groups is 1. The van der Waals surface area contributed by atoms with Crippen LogP contribution >= 0.6 is 0 Å². The molecule has 0 unspecified atom stereocenters. The van der Waals surface area contributed by atoms with E-state index in [0.717, 1.165) is 19.4 Å². The lowest BCUT2D eigenvalue weighted by Gasteiger charge is -2.26. The van der Waals surface area contributed by atoms with E-state index in [2.05, 4.69) is 35.0 Å². The highest BCUT2D eigenvalue weighted by molar-refractivity contribution is 7.91. The molecule has 0 saturated carbocycles. The first-order valence-electron chi connectivity index (χ1n) is 9.29. The SMILES string of the molecule is Cc1c(CCNC(=O)N2CCS(=O)(=O)CC2)c2cccc3c2n1CCC3. The second-order valence-corrected chi connectivity index (χ2v) is 9.56. The Hall–Kier alpha value is -2.02. The van der Waals surface area contributed by atoms with Gasteiger partial charge in [-0.25, -0.2) is 13.2 Å². The van der Waals surface area contributed by atoms with Crippen LogP contribution in [0.25, 0.3) is 10.9 Å². The quantitative estimate of drug-likeness (QED) is 0.890. The topological polar surface area (TPSA) is 71.4 Å². The molecule has 1 aromatic carbocycles. The lowest BCUT2D eigenvalue weighted by molar-refractivity contribution is 0.202. The number of benzene rings is 1. The van der Waals surface area contributed by atoms with Crippen molar-refractivity contribution in [1.82, 2.24) is 14.8 Å². The molecule has 2 aliphatic rings. The molecule has 0 radical (unpaired) electrons. The third kappa shape index (κ3) is 3.09. The summed E-state index contributed by atoms with van der Waals surface area (Å²) in [6, 6.07) is 6.36. The number of rotatable bonds is 3. The summed E-state index contributed by atoms with van der Waals surface area (Å²) in [4.78, 5) is 13.9. The Labute approximate surface area is 154 Å². The molecule has 3 heterocycles. The monoisotopic (exact) mass is 375 g/mol. The molecule has 4 rings (SSSR count). The summed E-state index contributed by atoms with van der Waals surface area (Å²) in [6.45, 7) is 4.37. The van der Waals surface area contributed by atoms with Crippen LogP contribution in [0, 0.1) is 6.92 Å². The Kier molecular flexibility index (Phi) is 4.42. The molecule has 6 nitrogen and oxygen atoms in total. The Balaban J connectivity index is 1.44. The maximum Gasteiger partial charge on any atom is 0.317 e. The molecule has 2 amide bonds. The van der Waals surface area contributed by atoms with Crippen molar-refractivity contribution in [3.05, 3.63) is 35.0 Å². The molecule has 1 saturated heterocycles. The fraction of sp³-hybridized carbons (Fsp3) is 0.526. The van der Waals surface area contributed by atoms with Gasteiger partial charge in [0, 0.05) is 37.3 Å². The van der Waals surface area contributed by atoms with E-state index in [4.69, 9.17) is 0 Å². The van der Waals surface area contributed by atoms with Crippen molar-refractivity contribution in [2.75, 3.05) is 31.1 Å². The number of para-hydroxylation sites is 1. The van der Waals surface area contributed by atoms with Gasteiger partial charge in [-0.3, -0.25) is 0 Å². The summed E-state index contributed by atoms with van der Waals surface area (Å²) < 4.78 is 25.4. The third-order valence-corrected chi connectivity index (χ3v) is 7.28. The van der Waals surface area contributed by atoms with Gasteiger partial charge < -0.3 is 14.8 Å². The van der Waals surface area contributed by atoms with E-state index in [-0.39, 0.29) is 30.6 Å². The molecule has 7 heteroatoms. The predicted molar refractivity (Wildman–Crippen MR) is 102 cm³/mol. The van der Waals surface area contributed by atoms with Gasteiger partial charge in [-0.1, -0.05) is 18.2 Å². The van der Waals surface area contributed by atoms with Crippen molar-refractivity contribution >= 4 is 26.8 Å². The molecule has 26 heavy (non-hydrogen) atoms. The standard InChI is InChI=1S/C19H25N3O3S/c1-14-16(17-6-2-4-15-5-3-9-22(14)18(15)17)7-8-20-19(23)21-10-12-26(24,25)13-11-21/h2,4,6H,3,5,7-13H2,1H3,(H,20,23). The van der Waals surface area contributed by atoms with Gasteiger partial charge in [-0.15, -0.1) is 0 Å². The fourth-order valence-electron chi connectivity index (χ4n) is 4.23. The van der Waals surface area contributed by atoms with Gasteiger partial charge >= 0.3 is 6.03 Å². The van der Waals surface area contributed by atoms with Crippen molar-refractivity contribution in [3.8, 4) is 0 Å². The number of hydrogen-bond donors (Lipinski definition) is 1. The van der Waals surface area contributed by atoms with Crippen LogP contribution in [-0.4, -0.2) is 55.1 Å². The van der Waals surface area contributed by atoms with Gasteiger partial charge in [0.15, 0.2) is 9.84 Å². The van der Waals surface area contributed by atoms with Crippen LogP contribution in [0.2, 0.25) is 0 Å². The Bertz CT molecular complexity index is 948. The molecule has 1 fully saturated rings. The number of hydrogen-bond acceptors (Lipinski definition) is 3. The van der Waals surface area contributed by atoms with Crippen LogP contribution < -0.4 is 5.32 Å². The number of aryl methyl sites for hydroxylation is 2. The van der Waals surface area contributed by atoms with E-state index in [0.29, 0.717) is 6.54 Å². The normalized spacial score (nSPS) is 18.9. The molecular formula is C19H25N3O3S. The van der Waals surface area contributed by atoms with E-state index >= 15 is 0 Å². The minimum Gasteiger partial charge on any atom is -0.344 e. The molecule has 0 spiro atoms. The largest absolute Gasteiger partial charge is 0.344 e. The summed E-state index contributed by atoms with van der Waals surface area (Å²) in [5.74, 6) is 0.131. The molecular weight excluding hydrogens is 350 g/mol. The average molecular weight is 375 g/mol. The van der Waals surface area contributed by atoms with E-state index in [9.17, 15) is 13.2 Å². The lowest BCUT2D eigenvalue weighted by Crippen LogP contribution is -2.48.